The predicted octanol–water partition coefficient (Wildman–Crippen LogP) is 7.41. The highest BCUT2D eigenvalue weighted by Gasteiger charge is 2.30. The zero-order chi connectivity index (χ0) is 22.5. The number of rotatable bonds is 4. The molecule has 1 N–H and O–H groups in total. The van der Waals surface area contributed by atoms with E-state index in [-0.39, 0.29) is 11.9 Å². The quantitative estimate of drug-likeness (QED) is 0.434. The van der Waals surface area contributed by atoms with Crippen molar-refractivity contribution < 1.29 is 18.0 Å². The maximum atomic E-state index is 12.8. The molecule has 0 bridgehead atoms. The molecule has 0 aliphatic carbocycles. The monoisotopic (exact) mass is 433 g/mol. The van der Waals surface area contributed by atoms with E-state index in [1.165, 1.54) is 12.1 Å². The minimum atomic E-state index is -4.36. The molecule has 160 valence electrons. The molecule has 0 aromatic heterocycles. The summed E-state index contributed by atoms with van der Waals surface area (Å²) in [4.78, 5) is 13.4. The van der Waals surface area contributed by atoms with Gasteiger partial charge in [0.05, 0.1) is 5.56 Å². The molecule has 0 saturated carbocycles. The van der Waals surface area contributed by atoms with E-state index in [9.17, 15) is 18.0 Å². The predicted molar refractivity (Wildman–Crippen MR) is 120 cm³/mol. The smallest absolute Gasteiger partial charge is 0.350 e. The first-order valence-electron chi connectivity index (χ1n) is 9.80. The van der Waals surface area contributed by atoms with Gasteiger partial charge in [-0.3, -0.25) is 4.79 Å². The minimum Gasteiger partial charge on any atom is -0.350 e. The summed E-state index contributed by atoms with van der Waals surface area (Å²) in [5.74, 6) is -0.149. The lowest BCUT2D eigenvalue weighted by Gasteiger charge is -2.14. The summed E-state index contributed by atoms with van der Waals surface area (Å²) in [6.45, 7) is 7.80. The molecule has 0 saturated heterocycles. The SMILES string of the molecule is CC.CSc1ccc(-c2ccc(C(F)(F)F)cc2)c2ccc(C(=O)NC(C)C)cc12. The Kier molecular flexibility index (Phi) is 7.96. The summed E-state index contributed by atoms with van der Waals surface area (Å²) >= 11 is 1.56. The van der Waals surface area contributed by atoms with Crippen molar-refractivity contribution in [2.24, 2.45) is 0 Å². The molecule has 3 rings (SSSR count). The number of nitrogens with one attached hydrogen (secondary N) is 1. The Morgan fingerprint density at radius 2 is 1.57 bits per heavy atom. The molecule has 3 aromatic carbocycles. The number of amides is 1. The van der Waals surface area contributed by atoms with Gasteiger partial charge >= 0.3 is 6.18 Å². The Labute approximate surface area is 179 Å². The lowest BCUT2D eigenvalue weighted by Crippen LogP contribution is -2.29. The number of halogens is 3. The normalized spacial score (nSPS) is 11.2. The number of benzene rings is 3. The molecule has 0 radical (unpaired) electrons. The summed E-state index contributed by atoms with van der Waals surface area (Å²) < 4.78 is 38.5. The number of alkyl halides is 3. The molecule has 1 amide bonds. The molecule has 3 aromatic rings. The summed E-state index contributed by atoms with van der Waals surface area (Å²) in [5.41, 5.74) is 1.41. The molecule has 0 heterocycles. The Morgan fingerprint density at radius 3 is 2.10 bits per heavy atom. The van der Waals surface area contributed by atoms with Crippen molar-refractivity contribution >= 4 is 28.4 Å². The average molecular weight is 434 g/mol. The van der Waals surface area contributed by atoms with Gasteiger partial charge in [-0.15, -0.1) is 11.8 Å². The molecule has 0 aliphatic heterocycles. The third-order valence-corrected chi connectivity index (χ3v) is 5.20. The van der Waals surface area contributed by atoms with Crippen molar-refractivity contribution in [1.29, 1.82) is 0 Å². The first-order chi connectivity index (χ1) is 14.2. The van der Waals surface area contributed by atoms with Gasteiger partial charge in [0, 0.05) is 16.5 Å². The van der Waals surface area contributed by atoms with Crippen LogP contribution in [0.5, 0.6) is 0 Å². The van der Waals surface area contributed by atoms with Crippen LogP contribution >= 0.6 is 11.8 Å². The topological polar surface area (TPSA) is 29.1 Å². The molecule has 2 nitrogen and oxygen atoms in total. The second-order valence-electron chi connectivity index (χ2n) is 6.78. The third-order valence-electron chi connectivity index (χ3n) is 4.40. The van der Waals surface area contributed by atoms with Crippen molar-refractivity contribution in [3.05, 3.63) is 65.7 Å². The van der Waals surface area contributed by atoms with E-state index in [0.717, 1.165) is 33.4 Å². The maximum absolute atomic E-state index is 12.8. The van der Waals surface area contributed by atoms with E-state index in [0.29, 0.717) is 11.1 Å². The van der Waals surface area contributed by atoms with Crippen molar-refractivity contribution in [3.63, 3.8) is 0 Å². The Hall–Kier alpha value is -2.47. The van der Waals surface area contributed by atoms with Gasteiger partial charge < -0.3 is 5.32 Å². The highest BCUT2D eigenvalue weighted by Crippen LogP contribution is 2.36. The molecular weight excluding hydrogens is 407 g/mol. The largest absolute Gasteiger partial charge is 0.416 e. The van der Waals surface area contributed by atoms with E-state index in [4.69, 9.17) is 0 Å². The average Bonchev–Trinajstić information content (AvgIpc) is 2.73. The van der Waals surface area contributed by atoms with Crippen LogP contribution in [0.4, 0.5) is 13.2 Å². The third kappa shape index (κ3) is 5.36. The van der Waals surface area contributed by atoms with Gasteiger partial charge in [0.2, 0.25) is 0 Å². The van der Waals surface area contributed by atoms with E-state index in [1.54, 1.807) is 17.8 Å². The molecule has 30 heavy (non-hydrogen) atoms. The number of thioether (sulfide) groups is 1. The lowest BCUT2D eigenvalue weighted by molar-refractivity contribution is -0.137. The summed E-state index contributed by atoms with van der Waals surface area (Å²) in [6.07, 6.45) is -2.41. The van der Waals surface area contributed by atoms with Gasteiger partial charge in [-0.1, -0.05) is 38.1 Å². The van der Waals surface area contributed by atoms with Crippen LogP contribution in [0.3, 0.4) is 0 Å². The highest BCUT2D eigenvalue weighted by molar-refractivity contribution is 7.98. The lowest BCUT2D eigenvalue weighted by atomic mass is 9.96. The van der Waals surface area contributed by atoms with Gasteiger partial charge in [-0.25, -0.2) is 0 Å². The first kappa shape index (κ1) is 23.8. The van der Waals surface area contributed by atoms with E-state index >= 15 is 0 Å². The molecule has 6 heteroatoms. The summed E-state index contributed by atoms with van der Waals surface area (Å²) in [6, 6.07) is 14.5. The fraction of sp³-hybridized carbons (Fsp3) is 0.292. The second kappa shape index (κ2) is 10.0. The summed E-state index contributed by atoms with van der Waals surface area (Å²) in [5, 5.41) is 4.68. The zero-order valence-electron chi connectivity index (χ0n) is 17.7. The van der Waals surface area contributed by atoms with Crippen molar-refractivity contribution in [3.8, 4) is 11.1 Å². The van der Waals surface area contributed by atoms with E-state index in [2.05, 4.69) is 5.32 Å². The Bertz CT molecular complexity index is 1010. The standard InChI is InChI=1S/C22H20F3NOS.C2H6/c1-13(2)26-21(27)15-6-9-18-17(10-11-20(28-3)19(18)12-15)14-4-7-16(8-5-14)22(23,24)25;1-2/h4-13H,1-3H3,(H,26,27);1-2H3. The molecule has 0 aliphatic rings. The van der Waals surface area contributed by atoms with Crippen LogP contribution < -0.4 is 5.32 Å². The van der Waals surface area contributed by atoms with Crippen LogP contribution in [0, 0.1) is 0 Å². The van der Waals surface area contributed by atoms with Gasteiger partial charge in [-0.2, -0.15) is 13.2 Å². The number of hydrogen-bond acceptors (Lipinski definition) is 2. The molecular formula is C24H26F3NOS. The molecule has 0 unspecified atom stereocenters. The first-order valence-corrected chi connectivity index (χ1v) is 11.0. The highest BCUT2D eigenvalue weighted by atomic mass is 32.2. The van der Waals surface area contributed by atoms with Crippen LogP contribution in [0.25, 0.3) is 21.9 Å². The Morgan fingerprint density at radius 1 is 0.933 bits per heavy atom. The van der Waals surface area contributed by atoms with Gasteiger partial charge in [0.1, 0.15) is 0 Å². The summed E-state index contributed by atoms with van der Waals surface area (Å²) in [7, 11) is 0. The van der Waals surface area contributed by atoms with Gasteiger partial charge in [-0.05, 0) is 72.3 Å². The number of carbonyl (C=O) groups is 1. The van der Waals surface area contributed by atoms with E-state index < -0.39 is 11.7 Å². The van der Waals surface area contributed by atoms with Crippen LogP contribution in [0.15, 0.2) is 59.5 Å². The van der Waals surface area contributed by atoms with Crippen molar-refractivity contribution in [2.75, 3.05) is 6.26 Å². The van der Waals surface area contributed by atoms with E-state index in [1.807, 2.05) is 58.2 Å². The molecule has 0 spiro atoms. The van der Waals surface area contributed by atoms with Crippen molar-refractivity contribution in [1.82, 2.24) is 5.32 Å². The van der Waals surface area contributed by atoms with Gasteiger partial charge in [0.15, 0.2) is 0 Å². The second-order valence-corrected chi connectivity index (χ2v) is 7.63. The number of fused-ring (bicyclic) bond motifs is 1. The fourth-order valence-corrected chi connectivity index (χ4v) is 3.67. The minimum absolute atomic E-state index is 0.0294. The van der Waals surface area contributed by atoms with Gasteiger partial charge in [0.25, 0.3) is 5.91 Å². The van der Waals surface area contributed by atoms with Crippen LogP contribution in [0.2, 0.25) is 0 Å². The maximum Gasteiger partial charge on any atom is 0.416 e. The number of hydrogen-bond donors (Lipinski definition) is 1. The Balaban J connectivity index is 0.00000155. The van der Waals surface area contributed by atoms with Crippen LogP contribution in [-0.2, 0) is 6.18 Å². The van der Waals surface area contributed by atoms with Crippen molar-refractivity contribution in [2.45, 2.75) is 44.8 Å². The molecule has 0 atom stereocenters. The van der Waals surface area contributed by atoms with Crippen LogP contribution in [-0.4, -0.2) is 18.2 Å². The zero-order valence-corrected chi connectivity index (χ0v) is 18.5. The number of carbonyl (C=O) groups excluding carboxylic acids is 1. The molecule has 0 fully saturated rings. The fourth-order valence-electron chi connectivity index (χ4n) is 3.08. The van der Waals surface area contributed by atoms with Crippen LogP contribution in [0.1, 0.15) is 43.6 Å².